The summed E-state index contributed by atoms with van der Waals surface area (Å²) in [7, 11) is -2.66. The Morgan fingerprint density at radius 2 is 1.73 bits per heavy atom. The van der Waals surface area contributed by atoms with Gasteiger partial charge in [0.25, 0.3) is 10.0 Å². The topological polar surface area (TPSA) is 94.2 Å². The van der Waals surface area contributed by atoms with Crippen molar-refractivity contribution in [3.63, 3.8) is 0 Å². The number of methoxy groups -OCH3 is 1. The van der Waals surface area contributed by atoms with Crippen LogP contribution in [0.2, 0.25) is 0 Å². The van der Waals surface area contributed by atoms with Crippen molar-refractivity contribution in [3.8, 4) is 17.2 Å². The van der Waals surface area contributed by atoms with Crippen LogP contribution in [0.15, 0.2) is 71.6 Å². The zero-order chi connectivity index (χ0) is 23.4. The lowest BCUT2D eigenvalue weighted by atomic mass is 10.2. The maximum absolute atomic E-state index is 13.3. The first kappa shape index (κ1) is 22.4. The maximum atomic E-state index is 13.3. The fourth-order valence-electron chi connectivity index (χ4n) is 3.24. The van der Waals surface area contributed by atoms with E-state index in [1.54, 1.807) is 30.3 Å². The number of rotatable bonds is 8. The van der Waals surface area contributed by atoms with E-state index in [2.05, 4.69) is 5.32 Å². The SMILES string of the molecule is COc1ccc(N(CC(=O)NCc2ccc3c(c2)OCO3)S(=O)(=O)c2ccc(F)cc2)cc1. The highest BCUT2D eigenvalue weighted by Gasteiger charge is 2.27. The lowest BCUT2D eigenvalue weighted by Crippen LogP contribution is -2.40. The van der Waals surface area contributed by atoms with Gasteiger partial charge >= 0.3 is 0 Å². The van der Waals surface area contributed by atoms with E-state index in [0.717, 1.165) is 34.1 Å². The first-order valence-corrected chi connectivity index (χ1v) is 11.4. The quantitative estimate of drug-likeness (QED) is 0.542. The van der Waals surface area contributed by atoms with Gasteiger partial charge in [-0.2, -0.15) is 0 Å². The molecule has 0 atom stereocenters. The number of nitrogens with one attached hydrogen (secondary N) is 1. The van der Waals surface area contributed by atoms with Crippen molar-refractivity contribution in [2.75, 3.05) is 24.8 Å². The predicted octanol–water partition coefficient (Wildman–Crippen LogP) is 3.07. The van der Waals surface area contributed by atoms with Gasteiger partial charge in [0, 0.05) is 6.54 Å². The normalized spacial score (nSPS) is 12.3. The van der Waals surface area contributed by atoms with Crippen LogP contribution in [0.1, 0.15) is 5.56 Å². The Balaban J connectivity index is 1.54. The van der Waals surface area contributed by atoms with Crippen LogP contribution in [0.5, 0.6) is 17.2 Å². The number of halogens is 1. The Hall–Kier alpha value is -3.79. The van der Waals surface area contributed by atoms with Crippen LogP contribution in [0.25, 0.3) is 0 Å². The fraction of sp³-hybridized carbons (Fsp3) is 0.174. The average Bonchev–Trinajstić information content (AvgIpc) is 3.29. The lowest BCUT2D eigenvalue weighted by Gasteiger charge is -2.24. The van der Waals surface area contributed by atoms with Crippen LogP contribution in [-0.2, 0) is 21.4 Å². The van der Waals surface area contributed by atoms with E-state index in [9.17, 15) is 17.6 Å². The van der Waals surface area contributed by atoms with Crippen molar-refractivity contribution in [1.82, 2.24) is 5.32 Å². The standard InChI is InChI=1S/C23H21FN2O6S/c1-30-19-7-5-18(6-8-19)26(33(28,29)20-9-3-17(24)4-10-20)14-23(27)25-13-16-2-11-21-22(12-16)32-15-31-21/h2-12H,13-15H2,1H3,(H,25,27). The van der Waals surface area contributed by atoms with Gasteiger partial charge in [-0.1, -0.05) is 6.07 Å². The molecule has 3 aromatic rings. The second-order valence-electron chi connectivity index (χ2n) is 7.13. The maximum Gasteiger partial charge on any atom is 0.264 e. The minimum atomic E-state index is -4.15. The van der Waals surface area contributed by atoms with Crippen molar-refractivity contribution in [3.05, 3.63) is 78.1 Å². The Morgan fingerprint density at radius 3 is 2.42 bits per heavy atom. The van der Waals surface area contributed by atoms with Crippen molar-refractivity contribution in [1.29, 1.82) is 0 Å². The summed E-state index contributed by atoms with van der Waals surface area (Å²) in [5.41, 5.74) is 1.03. The molecular formula is C23H21FN2O6S. The van der Waals surface area contributed by atoms with Gasteiger partial charge < -0.3 is 19.5 Å². The van der Waals surface area contributed by atoms with E-state index in [-0.39, 0.29) is 23.9 Å². The highest BCUT2D eigenvalue weighted by molar-refractivity contribution is 7.92. The van der Waals surface area contributed by atoms with Crippen molar-refractivity contribution in [2.24, 2.45) is 0 Å². The molecular weight excluding hydrogens is 451 g/mol. The Kier molecular flexibility index (Phi) is 6.36. The van der Waals surface area contributed by atoms with Crippen molar-refractivity contribution in [2.45, 2.75) is 11.4 Å². The zero-order valence-electron chi connectivity index (χ0n) is 17.7. The molecule has 1 aliphatic rings. The van der Waals surface area contributed by atoms with Crippen molar-refractivity contribution < 1.29 is 31.8 Å². The molecule has 0 saturated carbocycles. The molecule has 0 spiro atoms. The number of amides is 1. The smallest absolute Gasteiger partial charge is 0.264 e. The molecule has 3 aromatic carbocycles. The number of benzene rings is 3. The number of fused-ring (bicyclic) bond motifs is 1. The van der Waals surface area contributed by atoms with Crippen LogP contribution in [0.3, 0.4) is 0 Å². The van der Waals surface area contributed by atoms with Gasteiger partial charge in [0.2, 0.25) is 12.7 Å². The number of hydrogen-bond acceptors (Lipinski definition) is 6. The first-order chi connectivity index (χ1) is 15.9. The molecule has 33 heavy (non-hydrogen) atoms. The number of sulfonamides is 1. The van der Waals surface area contributed by atoms with E-state index in [4.69, 9.17) is 14.2 Å². The fourth-order valence-corrected chi connectivity index (χ4v) is 4.66. The van der Waals surface area contributed by atoms with E-state index in [0.29, 0.717) is 17.2 Å². The first-order valence-electron chi connectivity index (χ1n) is 9.94. The molecule has 1 N–H and O–H groups in total. The summed E-state index contributed by atoms with van der Waals surface area (Å²) in [4.78, 5) is 12.6. The summed E-state index contributed by atoms with van der Waals surface area (Å²) in [5.74, 6) is 0.660. The highest BCUT2D eigenvalue weighted by Crippen LogP contribution is 2.32. The molecule has 10 heteroatoms. The summed E-state index contributed by atoms with van der Waals surface area (Å²) < 4.78 is 56.6. The molecule has 0 bridgehead atoms. The second-order valence-corrected chi connectivity index (χ2v) is 8.99. The Labute approximate surface area is 190 Å². The van der Waals surface area contributed by atoms with Crippen LogP contribution < -0.4 is 23.8 Å². The van der Waals surface area contributed by atoms with Gasteiger partial charge in [-0.25, -0.2) is 12.8 Å². The van der Waals surface area contributed by atoms with E-state index >= 15 is 0 Å². The number of anilines is 1. The molecule has 0 fully saturated rings. The van der Waals surface area contributed by atoms with Crippen LogP contribution >= 0.6 is 0 Å². The molecule has 1 aliphatic heterocycles. The third-order valence-corrected chi connectivity index (χ3v) is 6.76. The van der Waals surface area contributed by atoms with Gasteiger partial charge in [0.1, 0.15) is 18.1 Å². The van der Waals surface area contributed by atoms with E-state index < -0.39 is 28.3 Å². The summed E-state index contributed by atoms with van der Waals surface area (Å²) >= 11 is 0. The van der Waals surface area contributed by atoms with E-state index in [1.165, 1.54) is 19.2 Å². The minimum Gasteiger partial charge on any atom is -0.497 e. The molecule has 0 unspecified atom stereocenters. The van der Waals surface area contributed by atoms with Crippen molar-refractivity contribution >= 4 is 21.6 Å². The number of hydrogen-bond donors (Lipinski definition) is 1. The zero-order valence-corrected chi connectivity index (χ0v) is 18.5. The molecule has 172 valence electrons. The monoisotopic (exact) mass is 472 g/mol. The summed E-state index contributed by atoms with van der Waals surface area (Å²) in [6, 6.07) is 15.9. The number of nitrogens with zero attached hydrogens (tertiary/aromatic N) is 1. The number of carbonyl (C=O) groups excluding carboxylic acids is 1. The molecule has 0 radical (unpaired) electrons. The van der Waals surface area contributed by atoms with Gasteiger partial charge in [-0.3, -0.25) is 9.10 Å². The van der Waals surface area contributed by atoms with Crippen LogP contribution in [0, 0.1) is 5.82 Å². The highest BCUT2D eigenvalue weighted by atomic mass is 32.2. The largest absolute Gasteiger partial charge is 0.497 e. The number of carbonyl (C=O) groups is 1. The third-order valence-electron chi connectivity index (χ3n) is 4.98. The minimum absolute atomic E-state index is 0.136. The molecule has 1 amide bonds. The van der Waals surface area contributed by atoms with Gasteiger partial charge in [-0.15, -0.1) is 0 Å². The second kappa shape index (κ2) is 9.37. The molecule has 1 heterocycles. The molecule has 0 aromatic heterocycles. The third kappa shape index (κ3) is 5.01. The van der Waals surface area contributed by atoms with Crippen LogP contribution in [-0.4, -0.2) is 34.8 Å². The summed E-state index contributed by atoms with van der Waals surface area (Å²) in [6.45, 7) is -0.164. The van der Waals surface area contributed by atoms with Gasteiger partial charge in [0.05, 0.1) is 17.7 Å². The summed E-state index contributed by atoms with van der Waals surface area (Å²) in [6.07, 6.45) is 0. The number of ether oxygens (including phenoxy) is 3. The van der Waals surface area contributed by atoms with Gasteiger partial charge in [0.15, 0.2) is 11.5 Å². The van der Waals surface area contributed by atoms with Gasteiger partial charge in [-0.05, 0) is 66.2 Å². The van der Waals surface area contributed by atoms with E-state index in [1.807, 2.05) is 0 Å². The lowest BCUT2D eigenvalue weighted by molar-refractivity contribution is -0.119. The summed E-state index contributed by atoms with van der Waals surface area (Å²) in [5, 5.41) is 2.72. The average molecular weight is 472 g/mol. The molecule has 0 aliphatic carbocycles. The molecule has 0 saturated heterocycles. The Morgan fingerprint density at radius 1 is 1.03 bits per heavy atom. The molecule has 4 rings (SSSR count). The van der Waals surface area contributed by atoms with Crippen LogP contribution in [0.4, 0.5) is 10.1 Å². The predicted molar refractivity (Wildman–Crippen MR) is 118 cm³/mol. The Bertz CT molecular complexity index is 1250. The molecule has 8 nitrogen and oxygen atoms in total.